The number of hydrogen-bond donors (Lipinski definition) is 1. The summed E-state index contributed by atoms with van der Waals surface area (Å²) in [6.45, 7) is 3.66. The van der Waals surface area contributed by atoms with Gasteiger partial charge >= 0.3 is 5.97 Å². The molecule has 6 heteroatoms. The van der Waals surface area contributed by atoms with Gasteiger partial charge in [0.05, 0.1) is 18.4 Å². The second-order valence-electron chi connectivity index (χ2n) is 3.99. The van der Waals surface area contributed by atoms with E-state index in [1.54, 1.807) is 25.1 Å². The van der Waals surface area contributed by atoms with Crippen molar-refractivity contribution in [2.45, 2.75) is 25.2 Å². The third-order valence-electron chi connectivity index (χ3n) is 2.47. The van der Waals surface area contributed by atoms with Crippen molar-refractivity contribution in [3.63, 3.8) is 0 Å². The average molecular weight is 271 g/mol. The SMILES string of the molecule is COC(=O)CCNS(=O)(=O)c1ccc(C)cc1C. The lowest BCUT2D eigenvalue weighted by Crippen LogP contribution is -2.27. The van der Waals surface area contributed by atoms with Crippen LogP contribution in [0.5, 0.6) is 0 Å². The van der Waals surface area contributed by atoms with Crippen LogP contribution in [0.15, 0.2) is 23.1 Å². The Kier molecular flexibility index (Phi) is 4.86. The van der Waals surface area contributed by atoms with E-state index in [0.29, 0.717) is 5.56 Å². The molecule has 1 rings (SSSR count). The van der Waals surface area contributed by atoms with E-state index in [0.717, 1.165) is 5.56 Å². The number of methoxy groups -OCH3 is 1. The number of esters is 1. The molecule has 0 aliphatic heterocycles. The summed E-state index contributed by atoms with van der Waals surface area (Å²) in [7, 11) is -2.30. The van der Waals surface area contributed by atoms with Crippen LogP contribution in [-0.2, 0) is 19.6 Å². The first-order valence-electron chi connectivity index (χ1n) is 5.50. The summed E-state index contributed by atoms with van der Waals surface area (Å²) in [5, 5.41) is 0. The highest BCUT2D eigenvalue weighted by atomic mass is 32.2. The Morgan fingerprint density at radius 1 is 1.33 bits per heavy atom. The summed E-state index contributed by atoms with van der Waals surface area (Å²) in [6.07, 6.45) is 0.0145. The Morgan fingerprint density at radius 3 is 2.56 bits per heavy atom. The van der Waals surface area contributed by atoms with E-state index in [9.17, 15) is 13.2 Å². The summed E-state index contributed by atoms with van der Waals surface area (Å²) in [5.74, 6) is -0.446. The number of hydrogen-bond acceptors (Lipinski definition) is 4. The Hall–Kier alpha value is -1.40. The van der Waals surface area contributed by atoms with Gasteiger partial charge in [-0.05, 0) is 25.5 Å². The van der Waals surface area contributed by atoms with Crippen LogP contribution in [0.1, 0.15) is 17.5 Å². The van der Waals surface area contributed by atoms with Crippen LogP contribution in [0.4, 0.5) is 0 Å². The number of sulfonamides is 1. The summed E-state index contributed by atoms with van der Waals surface area (Å²) in [5.41, 5.74) is 1.68. The number of benzene rings is 1. The lowest BCUT2D eigenvalue weighted by Gasteiger charge is -2.09. The second kappa shape index (κ2) is 5.97. The smallest absolute Gasteiger partial charge is 0.306 e. The van der Waals surface area contributed by atoms with Crippen molar-refractivity contribution >= 4 is 16.0 Å². The monoisotopic (exact) mass is 271 g/mol. The summed E-state index contributed by atoms with van der Waals surface area (Å²) < 4.78 is 30.8. The van der Waals surface area contributed by atoms with E-state index in [1.807, 2.05) is 6.92 Å². The zero-order valence-electron chi connectivity index (χ0n) is 10.7. The zero-order chi connectivity index (χ0) is 13.8. The Morgan fingerprint density at radius 2 is 2.00 bits per heavy atom. The molecule has 18 heavy (non-hydrogen) atoms. The molecule has 0 spiro atoms. The summed E-state index contributed by atoms with van der Waals surface area (Å²) in [4.78, 5) is 11.1. The molecule has 0 atom stereocenters. The van der Waals surface area contributed by atoms with Crippen LogP contribution < -0.4 is 4.72 Å². The fraction of sp³-hybridized carbons (Fsp3) is 0.417. The minimum atomic E-state index is -3.57. The minimum Gasteiger partial charge on any atom is -0.469 e. The lowest BCUT2D eigenvalue weighted by atomic mass is 10.2. The van der Waals surface area contributed by atoms with Crippen molar-refractivity contribution in [1.29, 1.82) is 0 Å². The molecule has 0 aromatic heterocycles. The Labute approximate surface area is 107 Å². The van der Waals surface area contributed by atoms with E-state index in [2.05, 4.69) is 9.46 Å². The molecular formula is C12H17NO4S. The predicted octanol–water partition coefficient (Wildman–Crippen LogP) is 1.14. The number of ether oxygens (including phenoxy) is 1. The second-order valence-corrected chi connectivity index (χ2v) is 5.73. The molecule has 5 nitrogen and oxygen atoms in total. The molecule has 1 aromatic carbocycles. The van der Waals surface area contributed by atoms with Crippen molar-refractivity contribution in [2.75, 3.05) is 13.7 Å². The van der Waals surface area contributed by atoms with Crippen molar-refractivity contribution in [1.82, 2.24) is 4.72 Å². The van der Waals surface area contributed by atoms with Gasteiger partial charge < -0.3 is 4.74 Å². The number of rotatable bonds is 5. The van der Waals surface area contributed by atoms with E-state index < -0.39 is 16.0 Å². The number of carbonyl (C=O) groups is 1. The first-order chi connectivity index (χ1) is 8.36. The molecule has 100 valence electrons. The van der Waals surface area contributed by atoms with E-state index in [4.69, 9.17) is 0 Å². The predicted molar refractivity (Wildman–Crippen MR) is 67.7 cm³/mol. The molecule has 0 aliphatic carbocycles. The van der Waals surface area contributed by atoms with Gasteiger partial charge in [0, 0.05) is 6.54 Å². The van der Waals surface area contributed by atoms with Crippen LogP contribution in [0.25, 0.3) is 0 Å². The largest absolute Gasteiger partial charge is 0.469 e. The van der Waals surface area contributed by atoms with Crippen LogP contribution in [0, 0.1) is 13.8 Å². The molecule has 1 N–H and O–H groups in total. The highest BCUT2D eigenvalue weighted by molar-refractivity contribution is 7.89. The van der Waals surface area contributed by atoms with Crippen molar-refractivity contribution in [3.8, 4) is 0 Å². The van der Waals surface area contributed by atoms with Crippen LogP contribution in [-0.4, -0.2) is 28.0 Å². The summed E-state index contributed by atoms with van der Waals surface area (Å²) in [6, 6.07) is 5.10. The van der Waals surface area contributed by atoms with Crippen LogP contribution >= 0.6 is 0 Å². The zero-order valence-corrected chi connectivity index (χ0v) is 11.5. The molecule has 0 fully saturated rings. The van der Waals surface area contributed by atoms with Gasteiger partial charge in [-0.1, -0.05) is 17.7 Å². The fourth-order valence-electron chi connectivity index (χ4n) is 1.57. The van der Waals surface area contributed by atoms with E-state index >= 15 is 0 Å². The summed E-state index contributed by atoms with van der Waals surface area (Å²) >= 11 is 0. The van der Waals surface area contributed by atoms with E-state index in [-0.39, 0.29) is 17.9 Å². The molecule has 0 aliphatic rings. The van der Waals surface area contributed by atoms with Crippen LogP contribution in [0.3, 0.4) is 0 Å². The normalized spacial score (nSPS) is 11.3. The standard InChI is InChI=1S/C12H17NO4S/c1-9-4-5-11(10(2)8-9)18(15,16)13-7-6-12(14)17-3/h4-5,8,13H,6-7H2,1-3H3. The molecule has 0 unspecified atom stereocenters. The van der Waals surface area contributed by atoms with Gasteiger partial charge in [-0.2, -0.15) is 0 Å². The van der Waals surface area contributed by atoms with Gasteiger partial charge in [0.15, 0.2) is 0 Å². The fourth-order valence-corrected chi connectivity index (χ4v) is 2.82. The molecule has 0 saturated carbocycles. The maximum absolute atomic E-state index is 12.0. The van der Waals surface area contributed by atoms with Gasteiger partial charge in [0.1, 0.15) is 0 Å². The molecule has 0 radical (unpaired) electrons. The quantitative estimate of drug-likeness (QED) is 0.815. The van der Waals surface area contributed by atoms with Crippen molar-refractivity contribution in [2.24, 2.45) is 0 Å². The third-order valence-corrected chi connectivity index (χ3v) is 4.09. The number of carbonyl (C=O) groups excluding carboxylic acids is 1. The minimum absolute atomic E-state index is 0.0145. The maximum atomic E-state index is 12.0. The van der Waals surface area contributed by atoms with Gasteiger partial charge in [0.2, 0.25) is 10.0 Å². The average Bonchev–Trinajstić information content (AvgIpc) is 2.27. The Balaban J connectivity index is 2.77. The first-order valence-corrected chi connectivity index (χ1v) is 6.99. The van der Waals surface area contributed by atoms with Gasteiger partial charge in [-0.3, -0.25) is 4.79 Å². The maximum Gasteiger partial charge on any atom is 0.306 e. The van der Waals surface area contributed by atoms with Gasteiger partial charge in [-0.25, -0.2) is 13.1 Å². The number of nitrogens with one attached hydrogen (secondary N) is 1. The van der Waals surface area contributed by atoms with Gasteiger partial charge in [-0.15, -0.1) is 0 Å². The first kappa shape index (κ1) is 14.7. The molecule has 0 heterocycles. The molecule has 0 saturated heterocycles. The highest BCUT2D eigenvalue weighted by Gasteiger charge is 2.16. The lowest BCUT2D eigenvalue weighted by molar-refractivity contribution is -0.140. The third kappa shape index (κ3) is 3.82. The molecule has 1 aromatic rings. The van der Waals surface area contributed by atoms with Crippen molar-refractivity contribution < 1.29 is 17.9 Å². The molecular weight excluding hydrogens is 254 g/mol. The Bertz CT molecular complexity index is 537. The number of aryl methyl sites for hydroxylation is 2. The molecule has 0 amide bonds. The van der Waals surface area contributed by atoms with Crippen molar-refractivity contribution in [3.05, 3.63) is 29.3 Å². The van der Waals surface area contributed by atoms with Gasteiger partial charge in [0.25, 0.3) is 0 Å². The van der Waals surface area contributed by atoms with Crippen LogP contribution in [0.2, 0.25) is 0 Å². The molecule has 0 bridgehead atoms. The van der Waals surface area contributed by atoms with E-state index in [1.165, 1.54) is 7.11 Å². The highest BCUT2D eigenvalue weighted by Crippen LogP contribution is 2.16. The topological polar surface area (TPSA) is 72.5 Å².